The van der Waals surface area contributed by atoms with Gasteiger partial charge in [0, 0.05) is 0 Å². The van der Waals surface area contributed by atoms with E-state index in [9.17, 15) is 15.0 Å². The Morgan fingerprint density at radius 1 is 0.795 bits per heavy atom. The van der Waals surface area contributed by atoms with E-state index in [1.807, 2.05) is 20.8 Å². The lowest BCUT2D eigenvalue weighted by atomic mass is 9.59. The highest BCUT2D eigenvalue weighted by molar-refractivity contribution is 5.76. The third kappa shape index (κ3) is 7.60. The standard InChI is InChI=1S/C34H61NO4/c1-4-39-32(37)33(2,3)27-19-17-26(18-20-27)31(36)16-11-23-35-24-21-30(22-25-35)34(38,28-12-7-5-8-13-28)29-14-9-6-10-15-29/h26-31,36,38H,4-25H2,1-3H3/t26?,27?,31-/m1/s1. The van der Waals surface area contributed by atoms with Crippen molar-refractivity contribution in [2.24, 2.45) is 35.0 Å². The Bertz CT molecular complexity index is 707. The monoisotopic (exact) mass is 547 g/mol. The highest BCUT2D eigenvalue weighted by Gasteiger charge is 2.50. The molecule has 1 atom stereocenters. The summed E-state index contributed by atoms with van der Waals surface area (Å²) < 4.78 is 5.32. The van der Waals surface area contributed by atoms with Gasteiger partial charge in [-0.25, -0.2) is 0 Å². The molecule has 3 aliphatic carbocycles. The molecule has 4 aliphatic rings. The molecule has 4 fully saturated rings. The van der Waals surface area contributed by atoms with E-state index < -0.39 is 11.0 Å². The largest absolute Gasteiger partial charge is 0.466 e. The Morgan fingerprint density at radius 3 is 1.82 bits per heavy atom. The van der Waals surface area contributed by atoms with Crippen LogP contribution in [0.4, 0.5) is 0 Å². The molecule has 0 amide bonds. The highest BCUT2D eigenvalue weighted by atomic mass is 16.5. The molecule has 5 nitrogen and oxygen atoms in total. The van der Waals surface area contributed by atoms with Crippen LogP contribution in [0.5, 0.6) is 0 Å². The molecule has 0 aromatic rings. The van der Waals surface area contributed by atoms with Crippen molar-refractivity contribution < 1.29 is 19.7 Å². The van der Waals surface area contributed by atoms with Gasteiger partial charge in [0.25, 0.3) is 0 Å². The van der Waals surface area contributed by atoms with Crippen LogP contribution in [0, 0.1) is 35.0 Å². The van der Waals surface area contributed by atoms with Crippen LogP contribution in [0.1, 0.15) is 136 Å². The van der Waals surface area contributed by atoms with Crippen LogP contribution in [0.2, 0.25) is 0 Å². The van der Waals surface area contributed by atoms with E-state index in [1.165, 1.54) is 64.2 Å². The van der Waals surface area contributed by atoms with Crippen molar-refractivity contribution in [1.82, 2.24) is 4.90 Å². The van der Waals surface area contributed by atoms with Crippen molar-refractivity contribution >= 4 is 5.97 Å². The lowest BCUT2D eigenvalue weighted by molar-refractivity contribution is -0.157. The molecule has 2 N–H and O–H groups in total. The Balaban J connectivity index is 1.19. The molecule has 1 aliphatic heterocycles. The maximum Gasteiger partial charge on any atom is 0.311 e. The molecule has 226 valence electrons. The Hall–Kier alpha value is -0.650. The normalized spacial score (nSPS) is 28.3. The van der Waals surface area contributed by atoms with Crippen molar-refractivity contribution in [1.29, 1.82) is 0 Å². The number of aliphatic hydroxyl groups is 2. The van der Waals surface area contributed by atoms with Crippen molar-refractivity contribution in [2.75, 3.05) is 26.2 Å². The average Bonchev–Trinajstić information content (AvgIpc) is 2.98. The third-order valence-electron chi connectivity index (χ3n) is 11.9. The maximum absolute atomic E-state index is 12.4. The minimum absolute atomic E-state index is 0.0753. The number of hydrogen-bond acceptors (Lipinski definition) is 5. The van der Waals surface area contributed by atoms with Gasteiger partial charge in [-0.2, -0.15) is 0 Å². The number of nitrogens with zero attached hydrogens (tertiary/aromatic N) is 1. The SMILES string of the molecule is CCOC(=O)C(C)(C)C1CCC([C@H](O)CCCN2CCC(C(O)(C3CCCCC3)C3CCCCC3)CC2)CC1. The van der Waals surface area contributed by atoms with Gasteiger partial charge >= 0.3 is 5.97 Å². The van der Waals surface area contributed by atoms with E-state index in [0.717, 1.165) is 71.0 Å². The van der Waals surface area contributed by atoms with Gasteiger partial charge in [-0.15, -0.1) is 0 Å². The quantitative estimate of drug-likeness (QED) is 0.269. The molecule has 5 heteroatoms. The second-order valence-corrected chi connectivity index (χ2v) is 14.4. The van der Waals surface area contributed by atoms with Gasteiger partial charge in [-0.3, -0.25) is 4.79 Å². The van der Waals surface area contributed by atoms with Gasteiger partial charge in [0.05, 0.1) is 23.7 Å². The van der Waals surface area contributed by atoms with Crippen molar-refractivity contribution in [3.05, 3.63) is 0 Å². The number of carbonyl (C=O) groups excluding carboxylic acids is 1. The Labute approximate surface area is 239 Å². The van der Waals surface area contributed by atoms with Crippen molar-refractivity contribution in [3.8, 4) is 0 Å². The number of carbonyl (C=O) groups is 1. The minimum Gasteiger partial charge on any atom is -0.466 e. The van der Waals surface area contributed by atoms with Gasteiger partial charge in [-0.1, -0.05) is 38.5 Å². The number of ether oxygens (including phenoxy) is 1. The molecule has 3 saturated carbocycles. The number of esters is 1. The number of rotatable bonds is 11. The predicted octanol–water partition coefficient (Wildman–Crippen LogP) is 7.13. The first-order valence-corrected chi connectivity index (χ1v) is 17.1. The number of aliphatic hydroxyl groups excluding tert-OH is 1. The maximum atomic E-state index is 12.4. The van der Waals surface area contributed by atoms with Crippen LogP contribution < -0.4 is 0 Å². The second kappa shape index (κ2) is 14.5. The topological polar surface area (TPSA) is 70.0 Å². The summed E-state index contributed by atoms with van der Waals surface area (Å²) in [6.45, 7) is 9.66. The molecule has 1 heterocycles. The fourth-order valence-electron chi connectivity index (χ4n) is 9.22. The lowest BCUT2D eigenvalue weighted by Gasteiger charge is -2.52. The molecule has 0 aromatic heterocycles. The number of likely N-dealkylation sites (tertiary alicyclic amines) is 1. The molecular weight excluding hydrogens is 486 g/mol. The summed E-state index contributed by atoms with van der Waals surface area (Å²) in [5, 5.41) is 23.4. The third-order valence-corrected chi connectivity index (χ3v) is 11.9. The van der Waals surface area contributed by atoms with E-state index in [-0.39, 0.29) is 12.1 Å². The first kappa shape index (κ1) is 31.3. The Kier molecular flexibility index (Phi) is 11.6. The number of piperidine rings is 1. The van der Waals surface area contributed by atoms with Crippen LogP contribution >= 0.6 is 0 Å². The van der Waals surface area contributed by atoms with E-state index in [2.05, 4.69) is 4.90 Å². The summed E-state index contributed by atoms with van der Waals surface area (Å²) in [6, 6.07) is 0. The zero-order chi connectivity index (χ0) is 27.9. The van der Waals surface area contributed by atoms with Crippen LogP contribution in [0.3, 0.4) is 0 Å². The van der Waals surface area contributed by atoms with Crippen molar-refractivity contribution in [2.45, 2.75) is 148 Å². The summed E-state index contributed by atoms with van der Waals surface area (Å²) in [5.41, 5.74) is -0.859. The summed E-state index contributed by atoms with van der Waals surface area (Å²) in [7, 11) is 0. The first-order chi connectivity index (χ1) is 18.8. The summed E-state index contributed by atoms with van der Waals surface area (Å²) in [6.07, 6.45) is 21.0. The van der Waals surface area contributed by atoms with Gasteiger partial charge in [0.1, 0.15) is 0 Å². The lowest BCUT2D eigenvalue weighted by Crippen LogP contribution is -2.55. The van der Waals surface area contributed by atoms with Crippen molar-refractivity contribution in [3.63, 3.8) is 0 Å². The average molecular weight is 548 g/mol. The van der Waals surface area contributed by atoms with Gasteiger partial charge in [-0.05, 0) is 147 Å². The fourth-order valence-corrected chi connectivity index (χ4v) is 9.22. The zero-order valence-electron chi connectivity index (χ0n) is 25.7. The van der Waals surface area contributed by atoms with Gasteiger partial charge in [0.15, 0.2) is 0 Å². The number of hydrogen-bond donors (Lipinski definition) is 2. The summed E-state index contributed by atoms with van der Waals surface area (Å²) in [5.74, 6) is 2.17. The molecule has 0 aromatic carbocycles. The zero-order valence-corrected chi connectivity index (χ0v) is 25.7. The van der Waals surface area contributed by atoms with Crippen LogP contribution in [-0.2, 0) is 9.53 Å². The van der Waals surface area contributed by atoms with Crippen LogP contribution in [0.25, 0.3) is 0 Å². The molecule has 39 heavy (non-hydrogen) atoms. The second-order valence-electron chi connectivity index (χ2n) is 14.4. The van der Waals surface area contributed by atoms with E-state index in [0.29, 0.717) is 36.2 Å². The van der Waals surface area contributed by atoms with E-state index >= 15 is 0 Å². The van der Waals surface area contributed by atoms with Gasteiger partial charge in [0.2, 0.25) is 0 Å². The predicted molar refractivity (Wildman–Crippen MR) is 158 cm³/mol. The smallest absolute Gasteiger partial charge is 0.311 e. The first-order valence-electron chi connectivity index (χ1n) is 17.1. The van der Waals surface area contributed by atoms with E-state index in [4.69, 9.17) is 4.74 Å². The minimum atomic E-state index is -0.432. The van der Waals surface area contributed by atoms with E-state index in [1.54, 1.807) is 0 Å². The molecule has 0 radical (unpaired) electrons. The summed E-state index contributed by atoms with van der Waals surface area (Å²) in [4.78, 5) is 15.0. The van der Waals surface area contributed by atoms with Crippen LogP contribution in [0.15, 0.2) is 0 Å². The highest BCUT2D eigenvalue weighted by Crippen LogP contribution is 2.49. The molecule has 0 bridgehead atoms. The Morgan fingerprint density at radius 2 is 1.31 bits per heavy atom. The molecule has 0 unspecified atom stereocenters. The molecule has 1 saturated heterocycles. The fraction of sp³-hybridized carbons (Fsp3) is 0.971. The molecule has 4 rings (SSSR count). The molecule has 0 spiro atoms. The molecular formula is C34H61NO4. The van der Waals surface area contributed by atoms with Gasteiger partial charge < -0.3 is 19.8 Å². The van der Waals surface area contributed by atoms with Crippen LogP contribution in [-0.4, -0.2) is 59.0 Å². The summed E-state index contributed by atoms with van der Waals surface area (Å²) >= 11 is 0.